The standard InChI is InChI=1S/C19H30O4/c1-2-3-4-5-6-7-8-9-10-13-17(20)18(21)15-16-12-11-14-19(22)23-16/h11-12,14,17,20H,2-10,13,15H2,1H3. The molecule has 1 rings (SSSR count). The highest BCUT2D eigenvalue weighted by Gasteiger charge is 2.16. The summed E-state index contributed by atoms with van der Waals surface area (Å²) in [5, 5.41) is 9.88. The Bertz CT molecular complexity index is 492. The van der Waals surface area contributed by atoms with Gasteiger partial charge in [-0.3, -0.25) is 4.79 Å². The van der Waals surface area contributed by atoms with Crippen molar-refractivity contribution in [3.63, 3.8) is 0 Å². The summed E-state index contributed by atoms with van der Waals surface area (Å²) in [5.41, 5.74) is -0.469. The van der Waals surface area contributed by atoms with Crippen molar-refractivity contribution in [2.24, 2.45) is 0 Å². The first kappa shape index (κ1) is 19.6. The number of aliphatic hydroxyl groups is 1. The van der Waals surface area contributed by atoms with Crippen LogP contribution in [-0.2, 0) is 11.2 Å². The first-order valence-electron chi connectivity index (χ1n) is 8.93. The van der Waals surface area contributed by atoms with Gasteiger partial charge in [0.1, 0.15) is 11.9 Å². The Kier molecular flexibility index (Phi) is 10.3. The van der Waals surface area contributed by atoms with Gasteiger partial charge in [0.05, 0.1) is 6.42 Å². The van der Waals surface area contributed by atoms with Gasteiger partial charge in [-0.2, -0.15) is 0 Å². The molecule has 0 aromatic carbocycles. The van der Waals surface area contributed by atoms with E-state index < -0.39 is 11.7 Å². The highest BCUT2D eigenvalue weighted by Crippen LogP contribution is 2.12. The fraction of sp³-hybridized carbons (Fsp3) is 0.684. The number of aliphatic hydroxyl groups excluding tert-OH is 1. The molecular weight excluding hydrogens is 292 g/mol. The quantitative estimate of drug-likeness (QED) is 0.557. The molecule has 4 heteroatoms. The van der Waals surface area contributed by atoms with E-state index in [2.05, 4.69) is 6.92 Å². The molecule has 0 spiro atoms. The van der Waals surface area contributed by atoms with Crippen LogP contribution in [0.2, 0.25) is 0 Å². The lowest BCUT2D eigenvalue weighted by molar-refractivity contribution is -0.127. The Balaban J connectivity index is 2.08. The molecule has 1 unspecified atom stereocenters. The van der Waals surface area contributed by atoms with Crippen molar-refractivity contribution in [2.45, 2.75) is 83.7 Å². The van der Waals surface area contributed by atoms with Gasteiger partial charge in [-0.05, 0) is 12.5 Å². The monoisotopic (exact) mass is 322 g/mol. The second-order valence-corrected chi connectivity index (χ2v) is 6.19. The zero-order valence-corrected chi connectivity index (χ0v) is 14.3. The first-order chi connectivity index (χ1) is 11.1. The molecule has 23 heavy (non-hydrogen) atoms. The fourth-order valence-electron chi connectivity index (χ4n) is 2.63. The third-order valence-electron chi connectivity index (χ3n) is 4.05. The summed E-state index contributed by atoms with van der Waals surface area (Å²) in [6.45, 7) is 2.22. The van der Waals surface area contributed by atoms with Crippen molar-refractivity contribution < 1.29 is 14.3 Å². The van der Waals surface area contributed by atoms with Crippen LogP contribution in [0.4, 0.5) is 0 Å². The molecule has 0 aliphatic heterocycles. The van der Waals surface area contributed by atoms with Gasteiger partial charge in [0, 0.05) is 6.07 Å². The van der Waals surface area contributed by atoms with Crippen LogP contribution in [0.25, 0.3) is 0 Å². The van der Waals surface area contributed by atoms with Gasteiger partial charge in [-0.1, -0.05) is 70.8 Å². The molecule has 0 radical (unpaired) electrons. The maximum absolute atomic E-state index is 11.9. The Labute approximate surface area is 138 Å². The van der Waals surface area contributed by atoms with Crippen molar-refractivity contribution in [3.05, 3.63) is 34.4 Å². The summed E-state index contributed by atoms with van der Waals surface area (Å²) >= 11 is 0. The number of Topliss-reactive ketones (excluding diaryl/α,β-unsaturated/α-hetero) is 1. The highest BCUT2D eigenvalue weighted by molar-refractivity contribution is 5.84. The zero-order valence-electron chi connectivity index (χ0n) is 14.3. The van der Waals surface area contributed by atoms with Gasteiger partial charge in [-0.25, -0.2) is 4.79 Å². The normalized spacial score (nSPS) is 12.3. The Hall–Kier alpha value is -1.42. The van der Waals surface area contributed by atoms with Gasteiger partial charge >= 0.3 is 5.63 Å². The summed E-state index contributed by atoms with van der Waals surface area (Å²) in [7, 11) is 0. The third-order valence-corrected chi connectivity index (χ3v) is 4.05. The maximum atomic E-state index is 11.9. The summed E-state index contributed by atoms with van der Waals surface area (Å²) in [5.74, 6) is 0.0348. The summed E-state index contributed by atoms with van der Waals surface area (Å²) in [6, 6.07) is 4.44. The molecule has 130 valence electrons. The summed E-state index contributed by atoms with van der Waals surface area (Å²) in [6.07, 6.45) is 10.4. The molecule has 0 saturated carbocycles. The summed E-state index contributed by atoms with van der Waals surface area (Å²) < 4.78 is 4.91. The Morgan fingerprint density at radius 1 is 1.04 bits per heavy atom. The van der Waals surface area contributed by atoms with Crippen LogP contribution in [0.5, 0.6) is 0 Å². The molecule has 1 atom stereocenters. The van der Waals surface area contributed by atoms with Crippen molar-refractivity contribution in [2.75, 3.05) is 0 Å². The predicted molar refractivity (Wildman–Crippen MR) is 91.5 cm³/mol. The van der Waals surface area contributed by atoms with Crippen molar-refractivity contribution >= 4 is 5.78 Å². The number of carbonyl (C=O) groups is 1. The van der Waals surface area contributed by atoms with Crippen molar-refractivity contribution in [1.82, 2.24) is 0 Å². The van der Waals surface area contributed by atoms with E-state index >= 15 is 0 Å². The fourth-order valence-corrected chi connectivity index (χ4v) is 2.63. The van der Waals surface area contributed by atoms with E-state index in [4.69, 9.17) is 4.42 Å². The van der Waals surface area contributed by atoms with E-state index in [0.717, 1.165) is 12.8 Å². The topological polar surface area (TPSA) is 67.5 Å². The number of carbonyl (C=O) groups excluding carboxylic acids is 1. The van der Waals surface area contributed by atoms with E-state index in [9.17, 15) is 14.7 Å². The van der Waals surface area contributed by atoms with Crippen molar-refractivity contribution in [3.8, 4) is 0 Å². The highest BCUT2D eigenvalue weighted by atomic mass is 16.4. The summed E-state index contributed by atoms with van der Waals surface area (Å²) in [4.78, 5) is 22.9. The van der Waals surface area contributed by atoms with Crippen LogP contribution in [0.15, 0.2) is 27.4 Å². The average molecular weight is 322 g/mol. The van der Waals surface area contributed by atoms with E-state index in [0.29, 0.717) is 12.2 Å². The number of ketones is 1. The molecular formula is C19H30O4. The zero-order chi connectivity index (χ0) is 16.9. The minimum Gasteiger partial charge on any atom is -0.427 e. The lowest BCUT2D eigenvalue weighted by Crippen LogP contribution is -2.22. The maximum Gasteiger partial charge on any atom is 0.335 e. The molecule has 0 amide bonds. The van der Waals surface area contributed by atoms with Gasteiger partial charge in [0.15, 0.2) is 5.78 Å². The van der Waals surface area contributed by atoms with Crippen LogP contribution in [0.1, 0.15) is 76.9 Å². The van der Waals surface area contributed by atoms with E-state index in [1.807, 2.05) is 0 Å². The van der Waals surface area contributed by atoms with Crippen LogP contribution in [0, 0.1) is 0 Å². The molecule has 0 bridgehead atoms. The number of hydrogen-bond acceptors (Lipinski definition) is 4. The number of rotatable bonds is 13. The average Bonchev–Trinajstić information content (AvgIpc) is 2.53. The lowest BCUT2D eigenvalue weighted by Gasteiger charge is -2.09. The molecule has 1 heterocycles. The number of unbranched alkanes of at least 4 members (excludes halogenated alkanes) is 8. The van der Waals surface area contributed by atoms with E-state index in [1.54, 1.807) is 12.1 Å². The van der Waals surface area contributed by atoms with Crippen LogP contribution in [0.3, 0.4) is 0 Å². The molecule has 0 saturated heterocycles. The Morgan fingerprint density at radius 2 is 1.65 bits per heavy atom. The SMILES string of the molecule is CCCCCCCCCCCC(O)C(=O)Cc1cccc(=O)o1. The second-order valence-electron chi connectivity index (χ2n) is 6.19. The van der Waals surface area contributed by atoms with Gasteiger partial charge in [0.2, 0.25) is 0 Å². The molecule has 0 aliphatic rings. The van der Waals surface area contributed by atoms with Crippen molar-refractivity contribution in [1.29, 1.82) is 0 Å². The third kappa shape index (κ3) is 9.34. The Morgan fingerprint density at radius 3 is 2.26 bits per heavy atom. The van der Waals surface area contributed by atoms with Gasteiger partial charge < -0.3 is 9.52 Å². The van der Waals surface area contributed by atoms with Crippen LogP contribution in [-0.4, -0.2) is 17.0 Å². The molecule has 4 nitrogen and oxygen atoms in total. The molecule has 1 N–H and O–H groups in total. The minimum absolute atomic E-state index is 0.0192. The first-order valence-corrected chi connectivity index (χ1v) is 8.93. The number of hydrogen-bond donors (Lipinski definition) is 1. The predicted octanol–water partition coefficient (Wildman–Crippen LogP) is 4.03. The van der Waals surface area contributed by atoms with Crippen LogP contribution >= 0.6 is 0 Å². The molecule has 0 aliphatic carbocycles. The molecule has 1 aromatic heterocycles. The smallest absolute Gasteiger partial charge is 0.335 e. The van der Waals surface area contributed by atoms with Gasteiger partial charge in [0.25, 0.3) is 0 Å². The van der Waals surface area contributed by atoms with E-state index in [1.165, 1.54) is 51.0 Å². The second kappa shape index (κ2) is 12.1. The van der Waals surface area contributed by atoms with Gasteiger partial charge in [-0.15, -0.1) is 0 Å². The molecule has 0 fully saturated rings. The molecule has 1 aromatic rings. The minimum atomic E-state index is -0.954. The largest absolute Gasteiger partial charge is 0.427 e. The van der Waals surface area contributed by atoms with E-state index in [-0.39, 0.29) is 12.2 Å². The van der Waals surface area contributed by atoms with Crippen LogP contribution < -0.4 is 5.63 Å². The lowest BCUT2D eigenvalue weighted by atomic mass is 10.0.